The van der Waals surface area contributed by atoms with E-state index in [-0.39, 0.29) is 11.8 Å². The fraction of sp³-hybridized carbons (Fsp3) is 0.500. The number of carbonyl (C=O) groups excluding carboxylic acids is 1. The molecule has 3 aromatic rings. The van der Waals surface area contributed by atoms with Gasteiger partial charge in [-0.2, -0.15) is 0 Å². The summed E-state index contributed by atoms with van der Waals surface area (Å²) >= 11 is 0. The molecule has 2 fully saturated rings. The minimum atomic E-state index is 0.0761. The Hall–Kier alpha value is -2.77. The molecule has 2 aliphatic rings. The van der Waals surface area contributed by atoms with Crippen LogP contribution in [0.15, 0.2) is 36.7 Å². The Morgan fingerprint density at radius 2 is 1.85 bits per heavy atom. The number of hydrogen-bond acceptors (Lipinski definition) is 5. The van der Waals surface area contributed by atoms with Crippen LogP contribution >= 0.6 is 0 Å². The molecule has 0 atom stereocenters. The second-order valence-corrected chi connectivity index (χ2v) is 9.50. The fourth-order valence-corrected chi connectivity index (χ4v) is 5.12. The van der Waals surface area contributed by atoms with Crippen LogP contribution in [0, 0.1) is 18.8 Å². The van der Waals surface area contributed by atoms with E-state index in [1.807, 2.05) is 32.4 Å². The number of morpholine rings is 1. The Bertz CT molecular complexity index is 1130. The SMILES string of the molecule is Cc1ncc(-c2ccc3cnc(NC(=O)[C@H]4CC[C@@H](CN5CCOCC5)CC4)cc3c2)n1C. The number of carbonyl (C=O) groups is 1. The highest BCUT2D eigenvalue weighted by molar-refractivity contribution is 5.95. The van der Waals surface area contributed by atoms with Crippen LogP contribution in [-0.2, 0) is 16.6 Å². The minimum absolute atomic E-state index is 0.0761. The largest absolute Gasteiger partial charge is 0.379 e. The monoisotopic (exact) mass is 447 g/mol. The van der Waals surface area contributed by atoms with E-state index in [9.17, 15) is 4.79 Å². The van der Waals surface area contributed by atoms with Crippen molar-refractivity contribution in [2.24, 2.45) is 18.9 Å². The number of ether oxygens (including phenoxy) is 1. The first kappa shape index (κ1) is 22.0. The van der Waals surface area contributed by atoms with Crippen LogP contribution in [0.1, 0.15) is 31.5 Å². The van der Waals surface area contributed by atoms with Crippen LogP contribution in [0.2, 0.25) is 0 Å². The highest BCUT2D eigenvalue weighted by Crippen LogP contribution is 2.31. The first-order chi connectivity index (χ1) is 16.1. The van der Waals surface area contributed by atoms with Gasteiger partial charge in [0, 0.05) is 49.7 Å². The lowest BCUT2D eigenvalue weighted by Gasteiger charge is -2.34. The van der Waals surface area contributed by atoms with E-state index < -0.39 is 0 Å². The van der Waals surface area contributed by atoms with Crippen LogP contribution in [-0.4, -0.2) is 58.2 Å². The van der Waals surface area contributed by atoms with Crippen molar-refractivity contribution in [3.63, 3.8) is 0 Å². The number of anilines is 1. The van der Waals surface area contributed by atoms with Crippen molar-refractivity contribution < 1.29 is 9.53 Å². The zero-order valence-corrected chi connectivity index (χ0v) is 19.6. The molecule has 1 N–H and O–H groups in total. The lowest BCUT2D eigenvalue weighted by molar-refractivity contribution is -0.121. The Balaban J connectivity index is 1.21. The molecule has 2 aromatic heterocycles. The standard InChI is InChI=1S/C26H33N5O2/c1-18-27-16-24(30(18)2)21-7-8-22-15-28-25(14-23(22)13-21)29-26(32)20-5-3-19(4-6-20)17-31-9-11-33-12-10-31/h7-8,13-16,19-20H,3-6,9-12,17H2,1-2H3,(H,28,29,32)/t19-,20+. The molecule has 33 heavy (non-hydrogen) atoms. The smallest absolute Gasteiger partial charge is 0.228 e. The number of nitrogens with zero attached hydrogens (tertiary/aromatic N) is 4. The van der Waals surface area contributed by atoms with Gasteiger partial charge in [-0.15, -0.1) is 0 Å². The van der Waals surface area contributed by atoms with Gasteiger partial charge in [0.25, 0.3) is 0 Å². The van der Waals surface area contributed by atoms with E-state index in [1.165, 1.54) is 0 Å². The third kappa shape index (κ3) is 4.94. The average molecular weight is 448 g/mol. The average Bonchev–Trinajstić information content (AvgIpc) is 3.18. The summed E-state index contributed by atoms with van der Waals surface area (Å²) in [6.45, 7) is 6.91. The predicted molar refractivity (Wildman–Crippen MR) is 130 cm³/mol. The zero-order valence-electron chi connectivity index (χ0n) is 19.6. The van der Waals surface area contributed by atoms with Crippen molar-refractivity contribution in [3.05, 3.63) is 42.5 Å². The van der Waals surface area contributed by atoms with Gasteiger partial charge < -0.3 is 14.6 Å². The number of hydrogen-bond donors (Lipinski definition) is 1. The lowest BCUT2D eigenvalue weighted by atomic mass is 9.81. The maximum atomic E-state index is 12.9. The molecular formula is C26H33N5O2. The molecule has 3 heterocycles. The first-order valence-corrected chi connectivity index (χ1v) is 12.1. The van der Waals surface area contributed by atoms with E-state index in [0.717, 1.165) is 86.4 Å². The lowest BCUT2D eigenvalue weighted by Crippen LogP contribution is -2.40. The summed E-state index contributed by atoms with van der Waals surface area (Å²) in [5.41, 5.74) is 2.18. The summed E-state index contributed by atoms with van der Waals surface area (Å²) in [6, 6.07) is 8.28. The van der Waals surface area contributed by atoms with Gasteiger partial charge >= 0.3 is 0 Å². The normalized spacial score (nSPS) is 21.9. The van der Waals surface area contributed by atoms with Gasteiger partial charge in [0.15, 0.2) is 0 Å². The first-order valence-electron chi connectivity index (χ1n) is 12.1. The summed E-state index contributed by atoms with van der Waals surface area (Å²) in [5.74, 6) is 2.48. The van der Waals surface area contributed by atoms with E-state index in [1.54, 1.807) is 0 Å². The van der Waals surface area contributed by atoms with Crippen LogP contribution in [0.5, 0.6) is 0 Å². The van der Waals surface area contributed by atoms with E-state index >= 15 is 0 Å². The second-order valence-electron chi connectivity index (χ2n) is 9.50. The van der Waals surface area contributed by atoms with Crippen LogP contribution in [0.25, 0.3) is 22.0 Å². The molecule has 1 aliphatic carbocycles. The topological polar surface area (TPSA) is 72.3 Å². The van der Waals surface area contributed by atoms with Crippen molar-refractivity contribution in [2.45, 2.75) is 32.6 Å². The van der Waals surface area contributed by atoms with Gasteiger partial charge in [-0.3, -0.25) is 9.69 Å². The number of fused-ring (bicyclic) bond motifs is 1. The van der Waals surface area contributed by atoms with Gasteiger partial charge in [-0.25, -0.2) is 9.97 Å². The molecular weight excluding hydrogens is 414 g/mol. The molecule has 1 saturated heterocycles. The molecule has 1 aliphatic heterocycles. The minimum Gasteiger partial charge on any atom is -0.379 e. The molecule has 7 heteroatoms. The fourth-order valence-electron chi connectivity index (χ4n) is 5.12. The number of aromatic nitrogens is 3. The Morgan fingerprint density at radius 3 is 2.58 bits per heavy atom. The molecule has 1 saturated carbocycles. The Labute approximate surface area is 195 Å². The predicted octanol–water partition coefficient (Wildman–Crippen LogP) is 4.02. The number of rotatable bonds is 5. The van der Waals surface area contributed by atoms with Crippen LogP contribution < -0.4 is 5.32 Å². The maximum Gasteiger partial charge on any atom is 0.228 e. The number of amides is 1. The van der Waals surface area contributed by atoms with Gasteiger partial charge in [-0.1, -0.05) is 12.1 Å². The molecule has 0 radical (unpaired) electrons. The van der Waals surface area contributed by atoms with Crippen molar-refractivity contribution in [3.8, 4) is 11.3 Å². The maximum absolute atomic E-state index is 12.9. The number of benzene rings is 1. The van der Waals surface area contributed by atoms with Gasteiger partial charge in [-0.05, 0) is 56.0 Å². The van der Waals surface area contributed by atoms with Crippen LogP contribution in [0.3, 0.4) is 0 Å². The highest BCUT2D eigenvalue weighted by Gasteiger charge is 2.28. The van der Waals surface area contributed by atoms with Crippen molar-refractivity contribution in [2.75, 3.05) is 38.2 Å². The van der Waals surface area contributed by atoms with Crippen molar-refractivity contribution in [1.29, 1.82) is 0 Å². The van der Waals surface area contributed by atoms with E-state index in [0.29, 0.717) is 11.7 Å². The van der Waals surface area contributed by atoms with E-state index in [2.05, 4.69) is 43.0 Å². The third-order valence-electron chi connectivity index (χ3n) is 7.33. The summed E-state index contributed by atoms with van der Waals surface area (Å²) in [5, 5.41) is 5.20. The van der Waals surface area contributed by atoms with Crippen LogP contribution in [0.4, 0.5) is 5.82 Å². The van der Waals surface area contributed by atoms with E-state index in [4.69, 9.17) is 4.74 Å². The summed E-state index contributed by atoms with van der Waals surface area (Å²) in [7, 11) is 2.02. The summed E-state index contributed by atoms with van der Waals surface area (Å²) < 4.78 is 7.54. The second kappa shape index (κ2) is 9.61. The Morgan fingerprint density at radius 1 is 1.06 bits per heavy atom. The number of aryl methyl sites for hydroxylation is 1. The number of nitrogens with one attached hydrogen (secondary N) is 1. The highest BCUT2D eigenvalue weighted by atomic mass is 16.5. The van der Waals surface area contributed by atoms with Gasteiger partial charge in [0.1, 0.15) is 11.6 Å². The number of pyridine rings is 1. The van der Waals surface area contributed by atoms with Crippen molar-refractivity contribution in [1.82, 2.24) is 19.4 Å². The molecule has 0 unspecified atom stereocenters. The van der Waals surface area contributed by atoms with Crippen molar-refractivity contribution >= 4 is 22.5 Å². The Kier molecular flexibility index (Phi) is 6.42. The third-order valence-corrected chi connectivity index (χ3v) is 7.33. The zero-order chi connectivity index (χ0) is 22.8. The molecule has 0 bridgehead atoms. The quantitative estimate of drug-likeness (QED) is 0.640. The molecule has 5 rings (SSSR count). The molecule has 174 valence electrons. The van der Waals surface area contributed by atoms with Gasteiger partial charge in [0.05, 0.1) is 25.1 Å². The summed E-state index contributed by atoms with van der Waals surface area (Å²) in [4.78, 5) is 24.3. The summed E-state index contributed by atoms with van der Waals surface area (Å²) in [6.07, 6.45) is 7.89. The molecule has 0 spiro atoms. The van der Waals surface area contributed by atoms with Gasteiger partial charge in [0.2, 0.25) is 5.91 Å². The number of imidazole rings is 1. The molecule has 1 amide bonds. The molecule has 1 aromatic carbocycles. The molecule has 7 nitrogen and oxygen atoms in total.